The Morgan fingerprint density at radius 1 is 1.17 bits per heavy atom. The van der Waals surface area contributed by atoms with Gasteiger partial charge in [0.1, 0.15) is 17.2 Å². The molecule has 9 heteroatoms. The predicted octanol–water partition coefficient (Wildman–Crippen LogP) is 4.68. The average molecular weight is 490 g/mol. The minimum atomic E-state index is -0.123. The zero-order valence-corrected chi connectivity index (χ0v) is 20.4. The maximum atomic E-state index is 11.4. The summed E-state index contributed by atoms with van der Waals surface area (Å²) in [6.45, 7) is 2.29. The molecule has 0 aliphatic rings. The third-order valence-electron chi connectivity index (χ3n) is 5.24. The number of hydrogen-bond acceptors (Lipinski definition) is 6. The van der Waals surface area contributed by atoms with Crippen LogP contribution in [0.4, 0.5) is 5.13 Å². The van der Waals surface area contributed by atoms with E-state index < -0.39 is 0 Å². The minimum absolute atomic E-state index is 0.123. The van der Waals surface area contributed by atoms with Crippen LogP contribution in [0, 0.1) is 0 Å². The van der Waals surface area contributed by atoms with Crippen molar-refractivity contribution in [2.24, 2.45) is 10.7 Å². The Morgan fingerprint density at radius 2 is 1.94 bits per heavy atom. The van der Waals surface area contributed by atoms with Crippen LogP contribution in [0.25, 0.3) is 22.6 Å². The first-order chi connectivity index (χ1) is 17.0. The Balaban J connectivity index is 1.45. The van der Waals surface area contributed by atoms with E-state index in [1.807, 2.05) is 66.0 Å². The average Bonchev–Trinajstić information content (AvgIpc) is 3.50. The number of carbonyl (C=O) groups excluding carboxylic acids is 1. The Hall–Kier alpha value is -4.11. The maximum Gasteiger partial charge on any atom is 0.217 e. The van der Waals surface area contributed by atoms with Crippen LogP contribution in [-0.2, 0) is 17.8 Å². The summed E-state index contributed by atoms with van der Waals surface area (Å²) in [5.41, 5.74) is 9.73. The number of aromatic nitrogens is 1. The molecule has 0 aliphatic heterocycles. The molecule has 0 fully saturated rings. The van der Waals surface area contributed by atoms with E-state index in [9.17, 15) is 4.79 Å². The van der Waals surface area contributed by atoms with E-state index in [2.05, 4.69) is 20.6 Å². The van der Waals surface area contributed by atoms with Crippen LogP contribution in [-0.4, -0.2) is 30.5 Å². The van der Waals surface area contributed by atoms with E-state index >= 15 is 0 Å². The normalized spacial score (nSPS) is 11.3. The Kier molecular flexibility index (Phi) is 7.79. The van der Waals surface area contributed by atoms with Crippen LogP contribution in [0.1, 0.15) is 18.2 Å². The quantitative estimate of drug-likeness (QED) is 0.232. The number of para-hydroxylation sites is 1. The second-order valence-electron chi connectivity index (χ2n) is 7.71. The van der Waals surface area contributed by atoms with Crippen LogP contribution in [0.2, 0.25) is 0 Å². The molecule has 2 aromatic carbocycles. The highest BCUT2D eigenvalue weighted by molar-refractivity contribution is 7.14. The van der Waals surface area contributed by atoms with Gasteiger partial charge in [0.25, 0.3) is 0 Å². The Labute approximate surface area is 207 Å². The number of hydrogen-bond donors (Lipinski definition) is 3. The summed E-state index contributed by atoms with van der Waals surface area (Å²) in [7, 11) is 1.66. The van der Waals surface area contributed by atoms with E-state index in [4.69, 9.17) is 14.9 Å². The van der Waals surface area contributed by atoms with Gasteiger partial charge in [-0.05, 0) is 29.7 Å². The molecule has 0 saturated carbocycles. The molecule has 8 nitrogen and oxygen atoms in total. The van der Waals surface area contributed by atoms with Gasteiger partial charge in [-0.15, -0.1) is 11.3 Å². The molecule has 4 N–H and O–H groups in total. The largest absolute Gasteiger partial charge is 0.496 e. The lowest BCUT2D eigenvalue weighted by Gasteiger charge is -2.06. The van der Waals surface area contributed by atoms with Crippen molar-refractivity contribution >= 4 is 28.3 Å². The van der Waals surface area contributed by atoms with Crippen LogP contribution in [0.3, 0.4) is 0 Å². The molecular formula is C26H27N5O3S. The van der Waals surface area contributed by atoms with Crippen molar-refractivity contribution < 1.29 is 13.9 Å². The predicted molar refractivity (Wildman–Crippen MR) is 140 cm³/mol. The Bertz CT molecular complexity index is 1310. The molecule has 0 spiro atoms. The topological polar surface area (TPSA) is 115 Å². The summed E-state index contributed by atoms with van der Waals surface area (Å²) in [6.07, 6.45) is 0.710. The van der Waals surface area contributed by atoms with Crippen molar-refractivity contribution in [2.45, 2.75) is 19.9 Å². The van der Waals surface area contributed by atoms with Gasteiger partial charge in [-0.25, -0.2) is 4.98 Å². The second kappa shape index (κ2) is 11.3. The van der Waals surface area contributed by atoms with Gasteiger partial charge >= 0.3 is 0 Å². The van der Waals surface area contributed by atoms with Crippen molar-refractivity contribution in [3.05, 3.63) is 77.4 Å². The first kappa shape index (κ1) is 24.0. The lowest BCUT2D eigenvalue weighted by molar-refractivity contribution is -0.119. The fourth-order valence-corrected chi connectivity index (χ4v) is 4.26. The van der Waals surface area contributed by atoms with Gasteiger partial charge in [0.2, 0.25) is 5.91 Å². The fourth-order valence-electron chi connectivity index (χ4n) is 3.55. The first-order valence-electron chi connectivity index (χ1n) is 11.1. The SMILES string of the molecule is COc1ccccc1CCN=C(N)Nc1nc(-c2cc(-c3ccccc3)c(CNC(C)=O)o2)cs1. The number of aliphatic imine (C=N–C) groups is 1. The Morgan fingerprint density at radius 3 is 2.71 bits per heavy atom. The first-order valence-corrected chi connectivity index (χ1v) is 12.0. The van der Waals surface area contributed by atoms with E-state index in [0.29, 0.717) is 41.9 Å². The highest BCUT2D eigenvalue weighted by Gasteiger charge is 2.17. The highest BCUT2D eigenvalue weighted by Crippen LogP contribution is 2.34. The molecule has 2 aromatic heterocycles. The van der Waals surface area contributed by atoms with E-state index in [0.717, 1.165) is 22.4 Å². The number of nitrogens with zero attached hydrogens (tertiary/aromatic N) is 2. The molecule has 2 heterocycles. The standard InChI is InChI=1S/C26H27N5O3S/c1-17(32)29-15-24-20(18-8-4-3-5-9-18)14-23(34-24)21-16-35-26(30-21)31-25(27)28-13-12-19-10-6-7-11-22(19)33-2/h3-11,14,16H,12-13,15H2,1-2H3,(H,29,32)(H3,27,28,30,31). The smallest absolute Gasteiger partial charge is 0.217 e. The molecule has 180 valence electrons. The van der Waals surface area contributed by atoms with Crippen molar-refractivity contribution in [1.82, 2.24) is 10.3 Å². The number of anilines is 1. The van der Waals surface area contributed by atoms with Crippen molar-refractivity contribution in [1.29, 1.82) is 0 Å². The van der Waals surface area contributed by atoms with Crippen LogP contribution in [0.15, 0.2) is 75.5 Å². The number of amides is 1. The summed E-state index contributed by atoms with van der Waals surface area (Å²) < 4.78 is 11.5. The molecule has 4 rings (SSSR count). The monoisotopic (exact) mass is 489 g/mol. The summed E-state index contributed by atoms with van der Waals surface area (Å²) in [4.78, 5) is 20.4. The van der Waals surface area contributed by atoms with E-state index in [1.165, 1.54) is 18.3 Å². The zero-order chi connectivity index (χ0) is 24.6. The maximum absolute atomic E-state index is 11.4. The number of furan rings is 1. The molecule has 0 bridgehead atoms. The number of carbonyl (C=O) groups is 1. The third-order valence-corrected chi connectivity index (χ3v) is 6.00. The van der Waals surface area contributed by atoms with E-state index in [-0.39, 0.29) is 11.9 Å². The third kappa shape index (κ3) is 6.27. The number of benzene rings is 2. The van der Waals surface area contributed by atoms with Gasteiger partial charge in [-0.1, -0.05) is 48.5 Å². The minimum Gasteiger partial charge on any atom is -0.496 e. The zero-order valence-electron chi connectivity index (χ0n) is 19.6. The molecule has 0 saturated heterocycles. The van der Waals surface area contributed by atoms with Crippen molar-refractivity contribution in [2.75, 3.05) is 19.0 Å². The van der Waals surface area contributed by atoms with Crippen molar-refractivity contribution in [3.8, 4) is 28.3 Å². The van der Waals surface area contributed by atoms with Gasteiger partial charge < -0.3 is 25.5 Å². The molecular weight excluding hydrogens is 462 g/mol. The van der Waals surface area contributed by atoms with Crippen LogP contribution >= 0.6 is 11.3 Å². The number of guanidine groups is 1. The molecule has 1 amide bonds. The van der Waals surface area contributed by atoms with Gasteiger partial charge in [0.05, 0.1) is 13.7 Å². The summed E-state index contributed by atoms with van der Waals surface area (Å²) in [5, 5.41) is 8.35. The van der Waals surface area contributed by atoms with Gasteiger partial charge in [-0.3, -0.25) is 9.79 Å². The van der Waals surface area contributed by atoms with Gasteiger partial charge in [-0.2, -0.15) is 0 Å². The van der Waals surface area contributed by atoms with E-state index in [1.54, 1.807) is 7.11 Å². The summed E-state index contributed by atoms with van der Waals surface area (Å²) in [5.74, 6) is 2.28. The molecule has 0 unspecified atom stereocenters. The summed E-state index contributed by atoms with van der Waals surface area (Å²) >= 11 is 1.41. The van der Waals surface area contributed by atoms with Gasteiger partial charge in [0.15, 0.2) is 16.9 Å². The van der Waals surface area contributed by atoms with Gasteiger partial charge in [0, 0.05) is 24.4 Å². The number of ether oxygens (including phenoxy) is 1. The number of methoxy groups -OCH3 is 1. The fraction of sp³-hybridized carbons (Fsp3) is 0.192. The highest BCUT2D eigenvalue weighted by atomic mass is 32.1. The lowest BCUT2D eigenvalue weighted by atomic mass is 10.1. The molecule has 4 aromatic rings. The molecule has 0 atom stereocenters. The molecule has 0 aliphatic carbocycles. The van der Waals surface area contributed by atoms with Crippen LogP contribution in [0.5, 0.6) is 5.75 Å². The van der Waals surface area contributed by atoms with Crippen molar-refractivity contribution in [3.63, 3.8) is 0 Å². The number of rotatable bonds is 9. The number of nitrogens with two attached hydrogens (primary N) is 1. The molecule has 0 radical (unpaired) electrons. The number of thiazole rings is 1. The summed E-state index contributed by atoms with van der Waals surface area (Å²) in [6, 6.07) is 19.7. The second-order valence-corrected chi connectivity index (χ2v) is 8.57. The lowest BCUT2D eigenvalue weighted by Crippen LogP contribution is -2.23. The number of nitrogens with one attached hydrogen (secondary N) is 2. The van der Waals surface area contributed by atoms with Crippen LogP contribution < -0.4 is 21.1 Å². The molecule has 35 heavy (non-hydrogen) atoms.